The van der Waals surface area contributed by atoms with Crippen LogP contribution in [-0.2, 0) is 6.54 Å². The molecule has 0 spiro atoms. The molecule has 0 aliphatic rings. The van der Waals surface area contributed by atoms with Crippen LogP contribution in [0.25, 0.3) is 0 Å². The van der Waals surface area contributed by atoms with Gasteiger partial charge in [0.15, 0.2) is 0 Å². The molecule has 0 aromatic heterocycles. The molecule has 0 amide bonds. The highest BCUT2D eigenvalue weighted by molar-refractivity contribution is 6.33. The Morgan fingerprint density at radius 1 is 1.57 bits per heavy atom. The minimum absolute atomic E-state index is 0.0865. The van der Waals surface area contributed by atoms with E-state index in [1.807, 2.05) is 13.1 Å². The molecule has 0 atom stereocenters. The highest BCUT2D eigenvalue weighted by Gasteiger charge is 2.13. The van der Waals surface area contributed by atoms with Gasteiger partial charge in [0.25, 0.3) is 0 Å². The summed E-state index contributed by atoms with van der Waals surface area (Å²) < 4.78 is 5.13. The van der Waals surface area contributed by atoms with E-state index in [9.17, 15) is 5.11 Å². The Labute approximate surface area is 88.7 Å². The third-order valence-electron chi connectivity index (χ3n) is 2.03. The normalized spacial score (nSPS) is 10.3. The number of methoxy groups -OCH3 is 1. The van der Waals surface area contributed by atoms with Crippen molar-refractivity contribution < 1.29 is 9.84 Å². The Bertz CT molecular complexity index is 339. The van der Waals surface area contributed by atoms with Gasteiger partial charge in [0.2, 0.25) is 0 Å². The summed E-state index contributed by atoms with van der Waals surface area (Å²) in [7, 11) is 3.38. The lowest BCUT2D eigenvalue weighted by Gasteiger charge is -2.13. The number of aromatic hydroxyl groups is 1. The molecule has 0 radical (unpaired) electrons. The Hall–Kier alpha value is -0.930. The summed E-state index contributed by atoms with van der Waals surface area (Å²) in [5.41, 5.74) is 1.69. The third-order valence-corrected chi connectivity index (χ3v) is 2.39. The average molecular weight is 216 g/mol. The Morgan fingerprint density at radius 2 is 2.21 bits per heavy atom. The highest BCUT2D eigenvalue weighted by atomic mass is 35.5. The fourth-order valence-corrected chi connectivity index (χ4v) is 1.71. The van der Waals surface area contributed by atoms with Crippen molar-refractivity contribution >= 4 is 11.6 Å². The summed E-state index contributed by atoms with van der Waals surface area (Å²) in [6, 6.07) is 1.86. The number of aryl methyl sites for hydroxylation is 1. The van der Waals surface area contributed by atoms with E-state index in [0.717, 1.165) is 11.1 Å². The monoisotopic (exact) mass is 215 g/mol. The molecular weight excluding hydrogens is 202 g/mol. The predicted molar refractivity (Wildman–Crippen MR) is 57.2 cm³/mol. The van der Waals surface area contributed by atoms with Crippen molar-refractivity contribution in [1.82, 2.24) is 5.32 Å². The minimum atomic E-state index is 0.0865. The molecule has 3 nitrogen and oxygen atoms in total. The highest BCUT2D eigenvalue weighted by Crippen LogP contribution is 2.38. The maximum absolute atomic E-state index is 9.58. The van der Waals surface area contributed by atoms with Gasteiger partial charge in [0.1, 0.15) is 16.5 Å². The summed E-state index contributed by atoms with van der Waals surface area (Å²) in [4.78, 5) is 0. The molecule has 0 heterocycles. The second kappa shape index (κ2) is 4.53. The fourth-order valence-electron chi connectivity index (χ4n) is 1.36. The maximum Gasteiger partial charge on any atom is 0.145 e. The van der Waals surface area contributed by atoms with E-state index in [4.69, 9.17) is 16.3 Å². The predicted octanol–water partition coefficient (Wildman–Crippen LogP) is 2.08. The van der Waals surface area contributed by atoms with Crippen molar-refractivity contribution in [3.8, 4) is 11.5 Å². The number of nitrogens with one attached hydrogen (secondary N) is 1. The van der Waals surface area contributed by atoms with Crippen LogP contribution in [0.5, 0.6) is 11.5 Å². The third kappa shape index (κ3) is 1.94. The number of ether oxygens (including phenoxy) is 1. The summed E-state index contributed by atoms with van der Waals surface area (Å²) in [5.74, 6) is 0.618. The largest absolute Gasteiger partial charge is 0.506 e. The van der Waals surface area contributed by atoms with Crippen molar-refractivity contribution in [2.45, 2.75) is 13.5 Å². The van der Waals surface area contributed by atoms with Crippen LogP contribution in [0, 0.1) is 6.92 Å². The first-order chi connectivity index (χ1) is 6.61. The van der Waals surface area contributed by atoms with Crippen LogP contribution < -0.4 is 10.1 Å². The Morgan fingerprint density at radius 3 is 2.71 bits per heavy atom. The molecule has 0 bridgehead atoms. The van der Waals surface area contributed by atoms with Gasteiger partial charge in [-0.1, -0.05) is 11.6 Å². The lowest BCUT2D eigenvalue weighted by atomic mass is 10.1. The van der Waals surface area contributed by atoms with Crippen LogP contribution in [0.4, 0.5) is 0 Å². The van der Waals surface area contributed by atoms with Crippen molar-refractivity contribution in [3.05, 3.63) is 22.2 Å². The molecule has 1 rings (SSSR count). The van der Waals surface area contributed by atoms with Crippen molar-refractivity contribution in [3.63, 3.8) is 0 Å². The van der Waals surface area contributed by atoms with Gasteiger partial charge in [-0.05, 0) is 25.6 Å². The van der Waals surface area contributed by atoms with Gasteiger partial charge in [-0.2, -0.15) is 0 Å². The van der Waals surface area contributed by atoms with E-state index in [2.05, 4.69) is 5.32 Å². The molecule has 0 fully saturated rings. The smallest absolute Gasteiger partial charge is 0.145 e. The molecule has 0 saturated heterocycles. The summed E-state index contributed by atoms with van der Waals surface area (Å²) in [5, 5.41) is 12.9. The van der Waals surface area contributed by atoms with E-state index in [1.165, 1.54) is 7.11 Å². The van der Waals surface area contributed by atoms with Gasteiger partial charge in [0.05, 0.1) is 7.11 Å². The first-order valence-corrected chi connectivity index (χ1v) is 4.69. The number of halogens is 1. The van der Waals surface area contributed by atoms with Gasteiger partial charge in [-0.25, -0.2) is 0 Å². The second-order valence-electron chi connectivity index (χ2n) is 3.08. The number of hydrogen-bond donors (Lipinski definition) is 2. The lowest BCUT2D eigenvalue weighted by molar-refractivity contribution is 0.401. The Kier molecular flexibility index (Phi) is 3.61. The summed E-state index contributed by atoms with van der Waals surface area (Å²) in [6.07, 6.45) is 0. The van der Waals surface area contributed by atoms with Crippen LogP contribution in [-0.4, -0.2) is 19.3 Å². The Balaban J connectivity index is 3.28. The molecule has 1 aromatic carbocycles. The van der Waals surface area contributed by atoms with Gasteiger partial charge in [0, 0.05) is 12.1 Å². The number of phenols is 1. The molecule has 0 aliphatic carbocycles. The van der Waals surface area contributed by atoms with Gasteiger partial charge in [-0.3, -0.25) is 0 Å². The SMILES string of the molecule is CNCc1cc(C)c(O)c(Cl)c1OC. The number of benzene rings is 1. The van der Waals surface area contributed by atoms with Crippen LogP contribution in [0.1, 0.15) is 11.1 Å². The topological polar surface area (TPSA) is 41.5 Å². The zero-order valence-electron chi connectivity index (χ0n) is 8.52. The average Bonchev–Trinajstić information content (AvgIpc) is 2.16. The molecule has 78 valence electrons. The van der Waals surface area contributed by atoms with Gasteiger partial charge >= 0.3 is 0 Å². The van der Waals surface area contributed by atoms with E-state index in [1.54, 1.807) is 6.92 Å². The molecule has 0 saturated carbocycles. The van der Waals surface area contributed by atoms with Crippen LogP contribution in [0.15, 0.2) is 6.07 Å². The van der Waals surface area contributed by atoms with E-state index in [0.29, 0.717) is 12.3 Å². The van der Waals surface area contributed by atoms with E-state index in [-0.39, 0.29) is 10.8 Å². The maximum atomic E-state index is 9.58. The first kappa shape index (κ1) is 11.1. The summed E-state index contributed by atoms with van der Waals surface area (Å²) in [6.45, 7) is 2.46. The first-order valence-electron chi connectivity index (χ1n) is 4.31. The molecule has 0 unspecified atom stereocenters. The molecule has 4 heteroatoms. The van der Waals surface area contributed by atoms with Gasteiger partial charge in [-0.15, -0.1) is 0 Å². The van der Waals surface area contributed by atoms with Crippen LogP contribution >= 0.6 is 11.6 Å². The van der Waals surface area contributed by atoms with E-state index < -0.39 is 0 Å². The van der Waals surface area contributed by atoms with Crippen molar-refractivity contribution in [2.75, 3.05) is 14.2 Å². The van der Waals surface area contributed by atoms with Crippen molar-refractivity contribution in [2.24, 2.45) is 0 Å². The van der Waals surface area contributed by atoms with Crippen molar-refractivity contribution in [1.29, 1.82) is 0 Å². The molecule has 0 aliphatic heterocycles. The number of rotatable bonds is 3. The van der Waals surface area contributed by atoms with Crippen LogP contribution in [0.2, 0.25) is 5.02 Å². The van der Waals surface area contributed by atoms with Crippen LogP contribution in [0.3, 0.4) is 0 Å². The second-order valence-corrected chi connectivity index (χ2v) is 3.46. The molecule has 1 aromatic rings. The molecular formula is C10H14ClNO2. The molecule has 2 N–H and O–H groups in total. The fraction of sp³-hybridized carbons (Fsp3) is 0.400. The zero-order chi connectivity index (χ0) is 10.7. The standard InChI is InChI=1S/C10H14ClNO2/c1-6-4-7(5-12-2)10(14-3)8(11)9(6)13/h4,12-13H,5H2,1-3H3. The lowest BCUT2D eigenvalue weighted by Crippen LogP contribution is -2.07. The minimum Gasteiger partial charge on any atom is -0.506 e. The molecule has 14 heavy (non-hydrogen) atoms. The summed E-state index contributed by atoms with van der Waals surface area (Å²) >= 11 is 5.94. The zero-order valence-corrected chi connectivity index (χ0v) is 9.27. The number of hydrogen-bond acceptors (Lipinski definition) is 3. The quantitative estimate of drug-likeness (QED) is 0.811. The van der Waals surface area contributed by atoms with E-state index >= 15 is 0 Å². The van der Waals surface area contributed by atoms with Gasteiger partial charge < -0.3 is 15.2 Å². The number of phenolic OH excluding ortho intramolecular Hbond substituents is 1.